The first kappa shape index (κ1) is 14.1. The third-order valence-electron chi connectivity index (χ3n) is 2.75. The Morgan fingerprint density at radius 2 is 2.06 bits per heavy atom. The van der Waals surface area contributed by atoms with Gasteiger partial charge in [0, 0.05) is 18.0 Å². The Morgan fingerprint density at radius 3 is 2.59 bits per heavy atom. The SMILES string of the molecule is CC(C)(C)C(N)CC(=O)c1cc(F)ccc1Cl. The molecule has 0 fully saturated rings. The molecule has 94 valence electrons. The minimum atomic E-state index is -0.470. The van der Waals surface area contributed by atoms with E-state index in [0.717, 1.165) is 6.07 Å². The van der Waals surface area contributed by atoms with E-state index in [1.807, 2.05) is 20.8 Å². The summed E-state index contributed by atoms with van der Waals surface area (Å²) in [5, 5.41) is 0.262. The lowest BCUT2D eigenvalue weighted by molar-refractivity contribution is 0.0953. The molecule has 1 rings (SSSR count). The number of ketones is 1. The number of Topliss-reactive ketones (excluding diaryl/α,β-unsaturated/α-hetero) is 1. The zero-order valence-electron chi connectivity index (χ0n) is 10.3. The molecule has 0 aliphatic carbocycles. The van der Waals surface area contributed by atoms with Crippen molar-refractivity contribution < 1.29 is 9.18 Å². The highest BCUT2D eigenvalue weighted by atomic mass is 35.5. The fourth-order valence-corrected chi connectivity index (χ4v) is 1.55. The first-order valence-corrected chi connectivity index (χ1v) is 5.83. The van der Waals surface area contributed by atoms with Crippen LogP contribution in [0.2, 0.25) is 5.02 Å². The van der Waals surface area contributed by atoms with Crippen molar-refractivity contribution in [2.24, 2.45) is 11.1 Å². The molecule has 0 heterocycles. The number of hydrogen-bond donors (Lipinski definition) is 1. The Morgan fingerprint density at radius 1 is 1.47 bits per heavy atom. The van der Waals surface area contributed by atoms with E-state index in [2.05, 4.69) is 0 Å². The second-order valence-electron chi connectivity index (χ2n) is 5.22. The van der Waals surface area contributed by atoms with E-state index in [0.29, 0.717) is 0 Å². The maximum Gasteiger partial charge on any atom is 0.166 e. The number of hydrogen-bond acceptors (Lipinski definition) is 2. The fraction of sp³-hybridized carbons (Fsp3) is 0.462. The van der Waals surface area contributed by atoms with E-state index in [4.69, 9.17) is 17.3 Å². The van der Waals surface area contributed by atoms with Crippen molar-refractivity contribution in [1.29, 1.82) is 0 Å². The number of carbonyl (C=O) groups excluding carboxylic acids is 1. The molecule has 0 saturated carbocycles. The first-order chi connectivity index (χ1) is 7.71. The standard InChI is InChI=1S/C13H17ClFNO/c1-13(2,3)12(16)7-11(17)9-6-8(15)4-5-10(9)14/h4-6,12H,7,16H2,1-3H3. The Kier molecular flexibility index (Phi) is 4.28. The molecular formula is C13H17ClFNO. The van der Waals surface area contributed by atoms with Crippen molar-refractivity contribution in [3.05, 3.63) is 34.6 Å². The monoisotopic (exact) mass is 257 g/mol. The second kappa shape index (κ2) is 5.15. The molecule has 0 bridgehead atoms. The molecule has 17 heavy (non-hydrogen) atoms. The summed E-state index contributed by atoms with van der Waals surface area (Å²) in [5.41, 5.74) is 5.95. The highest BCUT2D eigenvalue weighted by Crippen LogP contribution is 2.24. The van der Waals surface area contributed by atoms with Gasteiger partial charge in [0.25, 0.3) is 0 Å². The second-order valence-corrected chi connectivity index (χ2v) is 5.63. The predicted molar refractivity (Wildman–Crippen MR) is 67.8 cm³/mol. The van der Waals surface area contributed by atoms with Gasteiger partial charge < -0.3 is 5.73 Å². The zero-order valence-corrected chi connectivity index (χ0v) is 11.0. The maximum atomic E-state index is 13.0. The summed E-state index contributed by atoms with van der Waals surface area (Å²) in [6.07, 6.45) is 0.159. The van der Waals surface area contributed by atoms with Crippen molar-refractivity contribution in [2.45, 2.75) is 33.2 Å². The molecule has 2 N–H and O–H groups in total. The molecule has 0 amide bonds. The molecule has 4 heteroatoms. The first-order valence-electron chi connectivity index (χ1n) is 5.45. The van der Waals surface area contributed by atoms with Crippen LogP contribution in [0.15, 0.2) is 18.2 Å². The van der Waals surface area contributed by atoms with Crippen LogP contribution in [0, 0.1) is 11.2 Å². The van der Waals surface area contributed by atoms with Crippen molar-refractivity contribution in [1.82, 2.24) is 0 Å². The normalized spacial score (nSPS) is 13.5. The Bertz CT molecular complexity index is 426. The fourth-order valence-electron chi connectivity index (χ4n) is 1.33. The van der Waals surface area contributed by atoms with Gasteiger partial charge in [-0.05, 0) is 23.6 Å². The summed E-state index contributed by atoms with van der Waals surface area (Å²) in [7, 11) is 0. The molecule has 1 aromatic rings. The molecule has 0 saturated heterocycles. The molecule has 2 nitrogen and oxygen atoms in total. The van der Waals surface area contributed by atoms with Crippen LogP contribution in [0.25, 0.3) is 0 Å². The molecule has 0 aliphatic rings. The van der Waals surface area contributed by atoms with Crippen LogP contribution in [0.4, 0.5) is 4.39 Å². The van der Waals surface area contributed by atoms with Crippen LogP contribution < -0.4 is 5.73 Å². The summed E-state index contributed by atoms with van der Waals surface area (Å²) in [6, 6.07) is 3.48. The highest BCUT2D eigenvalue weighted by Gasteiger charge is 2.24. The Balaban J connectivity index is 2.87. The Hall–Kier alpha value is -0.930. The number of benzene rings is 1. The van der Waals surface area contributed by atoms with Gasteiger partial charge >= 0.3 is 0 Å². The van der Waals surface area contributed by atoms with Gasteiger partial charge in [-0.3, -0.25) is 4.79 Å². The molecule has 0 spiro atoms. The minimum Gasteiger partial charge on any atom is -0.327 e. The molecule has 1 atom stereocenters. The maximum absolute atomic E-state index is 13.0. The molecule has 0 aromatic heterocycles. The summed E-state index contributed by atoms with van der Waals surface area (Å²) >= 11 is 5.86. The van der Waals surface area contributed by atoms with Gasteiger partial charge in [0.15, 0.2) is 5.78 Å². The van der Waals surface area contributed by atoms with E-state index < -0.39 is 5.82 Å². The topological polar surface area (TPSA) is 43.1 Å². The minimum absolute atomic E-state index is 0.159. The number of rotatable bonds is 3. The molecular weight excluding hydrogens is 241 g/mol. The van der Waals surface area contributed by atoms with Crippen molar-refractivity contribution >= 4 is 17.4 Å². The molecule has 1 unspecified atom stereocenters. The van der Waals surface area contributed by atoms with Crippen molar-refractivity contribution in [2.75, 3.05) is 0 Å². The Labute approximate surface area is 106 Å². The van der Waals surface area contributed by atoms with Gasteiger partial charge in [0.2, 0.25) is 0 Å². The van der Waals surface area contributed by atoms with Crippen LogP contribution in [0.5, 0.6) is 0 Å². The van der Waals surface area contributed by atoms with E-state index in [-0.39, 0.29) is 34.2 Å². The van der Waals surface area contributed by atoms with Crippen LogP contribution in [-0.2, 0) is 0 Å². The lowest BCUT2D eigenvalue weighted by Gasteiger charge is -2.26. The largest absolute Gasteiger partial charge is 0.327 e. The van der Waals surface area contributed by atoms with Crippen LogP contribution in [0.3, 0.4) is 0 Å². The molecule has 0 radical (unpaired) electrons. The summed E-state index contributed by atoms with van der Waals surface area (Å²) in [4.78, 5) is 11.9. The van der Waals surface area contributed by atoms with E-state index in [1.165, 1.54) is 12.1 Å². The van der Waals surface area contributed by atoms with Crippen LogP contribution in [0.1, 0.15) is 37.6 Å². The number of nitrogens with two attached hydrogens (primary N) is 1. The molecule has 1 aromatic carbocycles. The molecule has 0 aliphatic heterocycles. The van der Waals surface area contributed by atoms with Gasteiger partial charge in [0.05, 0.1) is 5.02 Å². The lowest BCUT2D eigenvalue weighted by atomic mass is 9.83. The van der Waals surface area contributed by atoms with Gasteiger partial charge in [-0.1, -0.05) is 32.4 Å². The summed E-state index contributed by atoms with van der Waals surface area (Å²) in [6.45, 7) is 5.87. The van der Waals surface area contributed by atoms with Crippen molar-refractivity contribution in [3.63, 3.8) is 0 Å². The number of halogens is 2. The summed E-state index contributed by atoms with van der Waals surface area (Å²) < 4.78 is 13.0. The van der Waals surface area contributed by atoms with Gasteiger partial charge in [-0.25, -0.2) is 4.39 Å². The third kappa shape index (κ3) is 3.79. The average Bonchev–Trinajstić information content (AvgIpc) is 2.20. The van der Waals surface area contributed by atoms with Gasteiger partial charge in [-0.2, -0.15) is 0 Å². The predicted octanol–water partition coefficient (Wildman–Crippen LogP) is 3.43. The van der Waals surface area contributed by atoms with Crippen LogP contribution >= 0.6 is 11.6 Å². The van der Waals surface area contributed by atoms with Crippen LogP contribution in [-0.4, -0.2) is 11.8 Å². The van der Waals surface area contributed by atoms with E-state index in [9.17, 15) is 9.18 Å². The van der Waals surface area contributed by atoms with E-state index in [1.54, 1.807) is 0 Å². The summed E-state index contributed by atoms with van der Waals surface area (Å²) in [5.74, 6) is -0.695. The average molecular weight is 258 g/mol. The third-order valence-corrected chi connectivity index (χ3v) is 3.08. The van der Waals surface area contributed by atoms with Gasteiger partial charge in [-0.15, -0.1) is 0 Å². The number of carbonyl (C=O) groups is 1. The smallest absolute Gasteiger partial charge is 0.166 e. The quantitative estimate of drug-likeness (QED) is 0.843. The van der Waals surface area contributed by atoms with Crippen molar-refractivity contribution in [3.8, 4) is 0 Å². The highest BCUT2D eigenvalue weighted by molar-refractivity contribution is 6.33. The zero-order chi connectivity index (χ0) is 13.2. The van der Waals surface area contributed by atoms with E-state index >= 15 is 0 Å². The lowest BCUT2D eigenvalue weighted by Crippen LogP contribution is -2.37. The van der Waals surface area contributed by atoms with Gasteiger partial charge in [0.1, 0.15) is 5.82 Å².